The maximum atomic E-state index is 12.9. The molecule has 0 aromatic heterocycles. The zero-order valence-electron chi connectivity index (χ0n) is 13.8. The highest BCUT2D eigenvalue weighted by Crippen LogP contribution is 2.37. The van der Waals surface area contributed by atoms with E-state index in [1.807, 2.05) is 12.1 Å². The molecule has 2 aromatic carbocycles. The molecule has 0 aliphatic heterocycles. The quantitative estimate of drug-likeness (QED) is 0.605. The van der Waals surface area contributed by atoms with E-state index < -0.39 is 0 Å². The summed E-state index contributed by atoms with van der Waals surface area (Å²) in [5.74, 6) is 1.07. The number of benzene rings is 2. The Labute approximate surface area is 157 Å². The van der Waals surface area contributed by atoms with Crippen molar-refractivity contribution in [3.63, 3.8) is 0 Å². The Morgan fingerprint density at radius 2 is 1.83 bits per heavy atom. The van der Waals surface area contributed by atoms with Gasteiger partial charge in [0.1, 0.15) is 12.4 Å². The number of hydrogen-bond donors (Lipinski definition) is 1. The minimum absolute atomic E-state index is 0. The zero-order valence-corrected chi connectivity index (χ0v) is 16.2. The number of nitrogens with one attached hydrogen (secondary N) is 1. The standard InChI is InChI=1S/C18H21BrFNO2.ClH/c1-3-8-21-11-14-9-16(19)18(17(10-14)22-2)23-12-13-4-6-15(20)7-5-13;/h4-7,9-10,21H,3,8,11-12H2,1-2H3;1H. The number of halogens is 3. The fraction of sp³-hybridized carbons (Fsp3) is 0.333. The molecule has 0 saturated heterocycles. The lowest BCUT2D eigenvalue weighted by molar-refractivity contribution is 0.282. The van der Waals surface area contributed by atoms with Crippen molar-refractivity contribution in [2.45, 2.75) is 26.5 Å². The molecule has 0 fully saturated rings. The first-order valence-electron chi connectivity index (χ1n) is 7.58. The van der Waals surface area contributed by atoms with Crippen LogP contribution in [-0.2, 0) is 13.2 Å². The summed E-state index contributed by atoms with van der Waals surface area (Å²) >= 11 is 3.54. The van der Waals surface area contributed by atoms with Crippen LogP contribution in [0.15, 0.2) is 40.9 Å². The SMILES string of the molecule is CCCNCc1cc(Br)c(OCc2ccc(F)cc2)c(OC)c1.Cl. The van der Waals surface area contributed by atoms with Gasteiger partial charge in [0.15, 0.2) is 11.5 Å². The molecule has 132 valence electrons. The van der Waals surface area contributed by atoms with Crippen LogP contribution in [0.3, 0.4) is 0 Å². The van der Waals surface area contributed by atoms with Gasteiger partial charge in [-0.2, -0.15) is 0 Å². The summed E-state index contributed by atoms with van der Waals surface area (Å²) in [4.78, 5) is 0. The summed E-state index contributed by atoms with van der Waals surface area (Å²) in [6.07, 6.45) is 1.09. The van der Waals surface area contributed by atoms with Gasteiger partial charge in [-0.3, -0.25) is 0 Å². The molecule has 2 rings (SSSR count). The Bertz CT molecular complexity index is 638. The lowest BCUT2D eigenvalue weighted by Crippen LogP contribution is -2.14. The highest BCUT2D eigenvalue weighted by atomic mass is 79.9. The largest absolute Gasteiger partial charge is 0.493 e. The molecule has 0 bridgehead atoms. The van der Waals surface area contributed by atoms with Gasteiger partial charge in [0.05, 0.1) is 11.6 Å². The molecule has 0 heterocycles. The zero-order chi connectivity index (χ0) is 16.7. The molecule has 6 heteroatoms. The Kier molecular flexibility index (Phi) is 9.11. The number of ether oxygens (including phenoxy) is 2. The highest BCUT2D eigenvalue weighted by molar-refractivity contribution is 9.10. The van der Waals surface area contributed by atoms with Crippen molar-refractivity contribution >= 4 is 28.3 Å². The van der Waals surface area contributed by atoms with E-state index in [1.165, 1.54) is 12.1 Å². The van der Waals surface area contributed by atoms with Crippen LogP contribution in [0.2, 0.25) is 0 Å². The van der Waals surface area contributed by atoms with Crippen molar-refractivity contribution in [1.82, 2.24) is 5.32 Å². The van der Waals surface area contributed by atoms with E-state index in [-0.39, 0.29) is 18.2 Å². The van der Waals surface area contributed by atoms with E-state index in [2.05, 4.69) is 28.2 Å². The van der Waals surface area contributed by atoms with Crippen molar-refractivity contribution in [3.8, 4) is 11.5 Å². The van der Waals surface area contributed by atoms with Crippen LogP contribution in [0, 0.1) is 5.82 Å². The molecule has 0 atom stereocenters. The second-order valence-electron chi connectivity index (χ2n) is 5.20. The second-order valence-corrected chi connectivity index (χ2v) is 6.06. The normalized spacial score (nSPS) is 10.2. The van der Waals surface area contributed by atoms with Crippen LogP contribution < -0.4 is 14.8 Å². The number of methoxy groups -OCH3 is 1. The Balaban J connectivity index is 0.00000288. The van der Waals surface area contributed by atoms with Crippen LogP contribution in [0.5, 0.6) is 11.5 Å². The second kappa shape index (κ2) is 10.5. The van der Waals surface area contributed by atoms with Gasteiger partial charge in [-0.1, -0.05) is 19.1 Å². The molecule has 0 aliphatic carbocycles. The Morgan fingerprint density at radius 3 is 2.46 bits per heavy atom. The predicted molar refractivity (Wildman–Crippen MR) is 101 cm³/mol. The molecular formula is C18H22BrClFNO2. The highest BCUT2D eigenvalue weighted by Gasteiger charge is 2.12. The van der Waals surface area contributed by atoms with Gasteiger partial charge >= 0.3 is 0 Å². The van der Waals surface area contributed by atoms with Crippen LogP contribution in [0.25, 0.3) is 0 Å². The van der Waals surface area contributed by atoms with Crippen LogP contribution >= 0.6 is 28.3 Å². The number of hydrogen-bond acceptors (Lipinski definition) is 3. The molecule has 2 aromatic rings. The van der Waals surface area contributed by atoms with Gasteiger partial charge in [-0.25, -0.2) is 4.39 Å². The molecule has 0 spiro atoms. The third-order valence-corrected chi connectivity index (χ3v) is 3.93. The molecule has 24 heavy (non-hydrogen) atoms. The van der Waals surface area contributed by atoms with E-state index in [1.54, 1.807) is 19.2 Å². The maximum absolute atomic E-state index is 12.9. The first-order chi connectivity index (χ1) is 11.1. The monoisotopic (exact) mass is 417 g/mol. The van der Waals surface area contributed by atoms with Crippen molar-refractivity contribution in [2.75, 3.05) is 13.7 Å². The molecule has 0 amide bonds. The maximum Gasteiger partial charge on any atom is 0.175 e. The van der Waals surface area contributed by atoms with Gasteiger partial charge in [0.2, 0.25) is 0 Å². The minimum atomic E-state index is -0.253. The van der Waals surface area contributed by atoms with E-state index in [0.29, 0.717) is 18.1 Å². The van der Waals surface area contributed by atoms with E-state index in [0.717, 1.165) is 35.1 Å². The van der Waals surface area contributed by atoms with Crippen molar-refractivity contribution in [3.05, 3.63) is 57.8 Å². The summed E-state index contributed by atoms with van der Waals surface area (Å²) in [6.45, 7) is 4.24. The van der Waals surface area contributed by atoms with E-state index in [9.17, 15) is 4.39 Å². The fourth-order valence-electron chi connectivity index (χ4n) is 2.16. The molecule has 0 radical (unpaired) electrons. The molecular weight excluding hydrogens is 397 g/mol. The minimum Gasteiger partial charge on any atom is -0.493 e. The molecule has 0 saturated carbocycles. The van der Waals surface area contributed by atoms with Crippen molar-refractivity contribution in [2.24, 2.45) is 0 Å². The summed E-state index contributed by atoms with van der Waals surface area (Å²) in [7, 11) is 1.62. The van der Waals surface area contributed by atoms with Gasteiger partial charge in [-0.05, 0) is 64.3 Å². The third-order valence-electron chi connectivity index (χ3n) is 3.34. The van der Waals surface area contributed by atoms with Crippen molar-refractivity contribution < 1.29 is 13.9 Å². The third kappa shape index (κ3) is 5.96. The van der Waals surface area contributed by atoms with Crippen LogP contribution in [0.1, 0.15) is 24.5 Å². The number of rotatable bonds is 8. The van der Waals surface area contributed by atoms with Gasteiger partial charge in [0.25, 0.3) is 0 Å². The predicted octanol–water partition coefficient (Wildman–Crippen LogP) is 5.10. The van der Waals surface area contributed by atoms with Gasteiger partial charge in [-0.15, -0.1) is 12.4 Å². The van der Waals surface area contributed by atoms with Gasteiger partial charge in [0, 0.05) is 6.54 Å². The summed E-state index contributed by atoms with van der Waals surface area (Å²) in [5, 5.41) is 3.36. The first kappa shape index (κ1) is 20.7. The summed E-state index contributed by atoms with van der Waals surface area (Å²) in [6, 6.07) is 10.2. The topological polar surface area (TPSA) is 30.5 Å². The first-order valence-corrected chi connectivity index (χ1v) is 8.37. The molecule has 1 N–H and O–H groups in total. The average molecular weight is 419 g/mol. The molecule has 0 unspecified atom stereocenters. The Morgan fingerprint density at radius 1 is 1.12 bits per heavy atom. The van der Waals surface area contributed by atoms with Crippen molar-refractivity contribution in [1.29, 1.82) is 0 Å². The summed E-state index contributed by atoms with van der Waals surface area (Å²) in [5.41, 5.74) is 2.02. The van der Waals surface area contributed by atoms with Gasteiger partial charge < -0.3 is 14.8 Å². The average Bonchev–Trinajstić information content (AvgIpc) is 2.55. The molecule has 3 nitrogen and oxygen atoms in total. The van der Waals surface area contributed by atoms with E-state index in [4.69, 9.17) is 9.47 Å². The van der Waals surface area contributed by atoms with E-state index >= 15 is 0 Å². The van der Waals surface area contributed by atoms with Crippen LogP contribution in [-0.4, -0.2) is 13.7 Å². The smallest absolute Gasteiger partial charge is 0.175 e. The lowest BCUT2D eigenvalue weighted by atomic mass is 10.2. The fourth-order valence-corrected chi connectivity index (χ4v) is 2.76. The Hall–Kier alpha value is -1.30. The lowest BCUT2D eigenvalue weighted by Gasteiger charge is -2.15. The molecule has 0 aliphatic rings. The summed E-state index contributed by atoms with van der Waals surface area (Å²) < 4.78 is 25.1. The van der Waals surface area contributed by atoms with Crippen LogP contribution in [0.4, 0.5) is 4.39 Å².